The Balaban J connectivity index is 1.64. The first-order valence-electron chi connectivity index (χ1n) is 14.5. The molecule has 11 heteroatoms. The van der Waals surface area contributed by atoms with E-state index in [1.54, 1.807) is 19.1 Å². The molecule has 0 amide bonds. The number of benzene rings is 2. The van der Waals surface area contributed by atoms with E-state index in [0.29, 0.717) is 6.54 Å². The Labute approximate surface area is 244 Å². The van der Waals surface area contributed by atoms with Gasteiger partial charge in [-0.05, 0) is 32.9 Å². The summed E-state index contributed by atoms with van der Waals surface area (Å²) in [4.78, 5) is 27.5. The van der Waals surface area contributed by atoms with Crippen molar-refractivity contribution < 1.29 is 44.2 Å². The smallest absolute Gasteiger partial charge is 0.202 e. The minimum Gasteiger partial charge on any atom is -0.507 e. The molecule has 1 fully saturated rings. The molecule has 3 aliphatic rings. The topological polar surface area (TPSA) is 181 Å². The molecule has 0 aromatic heterocycles. The lowest BCUT2D eigenvalue weighted by atomic mass is 9.71. The lowest BCUT2D eigenvalue weighted by Gasteiger charge is -2.45. The second-order valence-corrected chi connectivity index (χ2v) is 11.7. The molecule has 0 bridgehead atoms. The van der Waals surface area contributed by atoms with E-state index in [2.05, 4.69) is 12.2 Å². The highest BCUT2D eigenvalue weighted by atomic mass is 16.7. The van der Waals surface area contributed by atoms with Crippen LogP contribution in [0.4, 0.5) is 0 Å². The lowest BCUT2D eigenvalue weighted by molar-refractivity contribution is -0.248. The molecule has 2 aromatic carbocycles. The minimum atomic E-state index is -1.46. The van der Waals surface area contributed by atoms with Gasteiger partial charge in [-0.1, -0.05) is 25.5 Å². The minimum absolute atomic E-state index is 0.00456. The van der Waals surface area contributed by atoms with Gasteiger partial charge in [0, 0.05) is 48.0 Å². The average Bonchev–Trinajstić information content (AvgIpc) is 2.95. The maximum absolute atomic E-state index is 13.8. The molecular weight excluding hydrogens is 544 g/mol. The molecule has 228 valence electrons. The van der Waals surface area contributed by atoms with Crippen LogP contribution in [0.3, 0.4) is 0 Å². The first-order valence-corrected chi connectivity index (χ1v) is 14.5. The molecule has 0 saturated carbocycles. The molecule has 0 unspecified atom stereocenters. The Hall–Kier alpha value is -3.06. The lowest BCUT2D eigenvalue weighted by Crippen LogP contribution is -2.55. The van der Waals surface area contributed by atoms with Gasteiger partial charge in [0.1, 0.15) is 17.2 Å². The fourth-order valence-electron chi connectivity index (χ4n) is 6.43. The van der Waals surface area contributed by atoms with Gasteiger partial charge in [0.05, 0.1) is 47.7 Å². The van der Waals surface area contributed by atoms with Gasteiger partial charge in [-0.2, -0.15) is 0 Å². The third-order valence-corrected chi connectivity index (χ3v) is 8.96. The normalized spacial score (nSPS) is 29.5. The van der Waals surface area contributed by atoms with Crippen LogP contribution >= 0.6 is 0 Å². The fourth-order valence-corrected chi connectivity index (χ4v) is 6.43. The summed E-state index contributed by atoms with van der Waals surface area (Å²) in [6, 6.07) is 3.49. The third kappa shape index (κ3) is 4.97. The van der Waals surface area contributed by atoms with Crippen LogP contribution < -0.4 is 15.8 Å². The van der Waals surface area contributed by atoms with Crippen molar-refractivity contribution in [3.05, 3.63) is 51.6 Å². The summed E-state index contributed by atoms with van der Waals surface area (Å²) >= 11 is 0. The van der Waals surface area contributed by atoms with Gasteiger partial charge in [-0.15, -0.1) is 0 Å². The molecular formula is C31H40N2O9. The number of rotatable bonds is 8. The number of aliphatic hydroxyl groups excluding tert-OH is 1. The number of ether oxygens (including phenoxy) is 3. The number of ketones is 2. The molecule has 1 saturated heterocycles. The summed E-state index contributed by atoms with van der Waals surface area (Å²) in [6.45, 7) is 6.21. The van der Waals surface area contributed by atoms with Gasteiger partial charge >= 0.3 is 0 Å². The van der Waals surface area contributed by atoms with Crippen LogP contribution in [0, 0.1) is 0 Å². The van der Waals surface area contributed by atoms with Crippen LogP contribution in [0.2, 0.25) is 0 Å². The van der Waals surface area contributed by atoms with Crippen molar-refractivity contribution in [2.24, 2.45) is 5.73 Å². The van der Waals surface area contributed by atoms with Crippen molar-refractivity contribution >= 4 is 11.6 Å². The van der Waals surface area contributed by atoms with Gasteiger partial charge in [0.2, 0.25) is 5.78 Å². The van der Waals surface area contributed by atoms with Gasteiger partial charge < -0.3 is 45.7 Å². The molecule has 42 heavy (non-hydrogen) atoms. The summed E-state index contributed by atoms with van der Waals surface area (Å²) in [5.41, 5.74) is 4.27. The van der Waals surface area contributed by atoms with Crippen molar-refractivity contribution in [3.63, 3.8) is 0 Å². The number of carbonyl (C=O) groups is 2. The van der Waals surface area contributed by atoms with Crippen molar-refractivity contribution in [2.75, 3.05) is 13.7 Å². The molecule has 2 aliphatic carbocycles. The summed E-state index contributed by atoms with van der Waals surface area (Å²) in [5.74, 6) is -2.13. The van der Waals surface area contributed by atoms with E-state index in [0.717, 1.165) is 12.8 Å². The Morgan fingerprint density at radius 2 is 1.88 bits per heavy atom. The number of nitrogens with two attached hydrogens (primary N) is 1. The number of phenols is 2. The monoisotopic (exact) mass is 584 g/mol. The highest BCUT2D eigenvalue weighted by molar-refractivity contribution is 6.31. The van der Waals surface area contributed by atoms with E-state index >= 15 is 0 Å². The fraction of sp³-hybridized carbons (Fsp3) is 0.548. The number of carbonyl (C=O) groups excluding carboxylic acids is 2. The average molecular weight is 585 g/mol. The number of aromatic hydroxyl groups is 2. The number of phenolic OH excluding ortho intramolecular Hbond substituents is 2. The number of methoxy groups -OCH3 is 1. The maximum atomic E-state index is 13.8. The Morgan fingerprint density at radius 3 is 2.55 bits per heavy atom. The van der Waals surface area contributed by atoms with Crippen LogP contribution in [-0.2, 0) is 15.9 Å². The van der Waals surface area contributed by atoms with E-state index in [1.165, 1.54) is 13.2 Å². The first-order chi connectivity index (χ1) is 19.9. The van der Waals surface area contributed by atoms with E-state index in [-0.39, 0.29) is 58.4 Å². The largest absolute Gasteiger partial charge is 0.507 e. The summed E-state index contributed by atoms with van der Waals surface area (Å²) in [7, 11) is 1.38. The SMILES string of the molecule is CCCCN[C@@H](C)[C@@]1(O)Cc2c(O)c3c(c(O)c2[C@H](O[C@@H]2C[C@H](N)[C@H](O)[C@H](C)O2)C1)C(=O)c1c(OC)cccc1C3=O. The number of unbranched alkanes of at least 4 members (excludes halogenated alkanes) is 1. The first kappa shape index (κ1) is 30.4. The molecule has 2 aromatic rings. The quantitative estimate of drug-likeness (QED) is 0.169. The van der Waals surface area contributed by atoms with E-state index in [1.807, 2.05) is 6.92 Å². The standard InChI is InChI=1S/C31H40N2O9/c1-5-6-10-33-15(3)31(39)12-17-23(20(13-31)42-21-11-18(32)26(34)14(2)41-21)30(38)25-24(28(17)36)27(35)16-8-7-9-19(40-4)22(16)29(25)37/h7-9,14-15,18,20-21,26,33-34,36,38-39H,5-6,10-13,32H2,1-4H3/t14-,15-,18-,20+,21+,26+,31+/m0/s1. The zero-order chi connectivity index (χ0) is 30.5. The molecule has 0 radical (unpaired) electrons. The van der Waals surface area contributed by atoms with Crippen molar-refractivity contribution in [1.82, 2.24) is 5.32 Å². The van der Waals surface area contributed by atoms with Crippen molar-refractivity contribution in [1.29, 1.82) is 0 Å². The molecule has 1 aliphatic heterocycles. The number of nitrogens with one attached hydrogen (secondary N) is 1. The van der Waals surface area contributed by atoms with Gasteiger partial charge in [0.25, 0.3) is 0 Å². The van der Waals surface area contributed by atoms with Crippen LogP contribution in [-0.4, -0.2) is 81.8 Å². The summed E-state index contributed by atoms with van der Waals surface area (Å²) in [5, 5.41) is 48.9. The van der Waals surface area contributed by atoms with Crippen LogP contribution in [0.5, 0.6) is 17.2 Å². The second kappa shape index (κ2) is 11.6. The third-order valence-electron chi connectivity index (χ3n) is 8.96. The Morgan fingerprint density at radius 1 is 1.17 bits per heavy atom. The number of hydrogen-bond acceptors (Lipinski definition) is 11. The highest BCUT2D eigenvalue weighted by Gasteiger charge is 2.49. The van der Waals surface area contributed by atoms with Crippen LogP contribution in [0.25, 0.3) is 0 Å². The van der Waals surface area contributed by atoms with Crippen molar-refractivity contribution in [2.45, 2.75) is 95.2 Å². The molecule has 7 N–H and O–H groups in total. The van der Waals surface area contributed by atoms with Crippen LogP contribution in [0.1, 0.15) is 95.5 Å². The molecule has 7 atom stereocenters. The van der Waals surface area contributed by atoms with E-state index in [4.69, 9.17) is 19.9 Å². The Kier molecular flexibility index (Phi) is 8.36. The van der Waals surface area contributed by atoms with Gasteiger partial charge in [0.15, 0.2) is 12.1 Å². The summed E-state index contributed by atoms with van der Waals surface area (Å²) < 4.78 is 17.5. The number of aliphatic hydroxyl groups is 2. The van der Waals surface area contributed by atoms with E-state index < -0.39 is 65.4 Å². The molecule has 5 rings (SSSR count). The highest BCUT2D eigenvalue weighted by Crippen LogP contribution is 2.53. The number of hydrogen-bond donors (Lipinski definition) is 6. The van der Waals surface area contributed by atoms with Crippen molar-refractivity contribution in [3.8, 4) is 17.2 Å². The molecule has 0 spiro atoms. The molecule has 1 heterocycles. The van der Waals surface area contributed by atoms with Gasteiger partial charge in [-0.25, -0.2) is 0 Å². The van der Waals surface area contributed by atoms with Crippen LogP contribution in [0.15, 0.2) is 18.2 Å². The zero-order valence-electron chi connectivity index (χ0n) is 24.3. The number of fused-ring (bicyclic) bond motifs is 3. The van der Waals surface area contributed by atoms with Gasteiger partial charge in [-0.3, -0.25) is 9.59 Å². The predicted octanol–water partition coefficient (Wildman–Crippen LogP) is 2.22. The Bertz CT molecular complexity index is 1380. The maximum Gasteiger partial charge on any atom is 0.202 e. The molecule has 11 nitrogen and oxygen atoms in total. The second-order valence-electron chi connectivity index (χ2n) is 11.7. The predicted molar refractivity (Wildman–Crippen MR) is 152 cm³/mol. The summed E-state index contributed by atoms with van der Waals surface area (Å²) in [6.07, 6.45) is -1.62. The van der Waals surface area contributed by atoms with E-state index in [9.17, 15) is 30.0 Å². The zero-order valence-corrected chi connectivity index (χ0v) is 24.3.